The van der Waals surface area contributed by atoms with E-state index < -0.39 is 0 Å². The molecule has 1 unspecified atom stereocenters. The normalized spacial score (nSPS) is 12.5. The zero-order chi connectivity index (χ0) is 14.7. The van der Waals surface area contributed by atoms with Gasteiger partial charge in [0.1, 0.15) is 0 Å². The van der Waals surface area contributed by atoms with Gasteiger partial charge in [-0.3, -0.25) is 4.98 Å². The minimum atomic E-state index is 0.0387. The number of rotatable bonds is 4. The molecule has 3 aromatic rings. The number of fused-ring (bicyclic) bond motifs is 1. The van der Waals surface area contributed by atoms with Crippen LogP contribution in [0.5, 0.6) is 0 Å². The van der Waals surface area contributed by atoms with Gasteiger partial charge in [0.05, 0.1) is 5.52 Å². The second kappa shape index (κ2) is 6.06. The molecule has 0 spiro atoms. The molecule has 2 nitrogen and oxygen atoms in total. The molecule has 2 N–H and O–H groups in total. The summed E-state index contributed by atoms with van der Waals surface area (Å²) in [5.74, 6) is 0. The molecule has 2 heteroatoms. The summed E-state index contributed by atoms with van der Waals surface area (Å²) < 4.78 is 0. The molecule has 106 valence electrons. The van der Waals surface area contributed by atoms with Gasteiger partial charge in [-0.05, 0) is 43.0 Å². The van der Waals surface area contributed by atoms with Gasteiger partial charge in [-0.2, -0.15) is 0 Å². The molecule has 1 aromatic heterocycles. The summed E-state index contributed by atoms with van der Waals surface area (Å²) in [6, 6.07) is 20.9. The van der Waals surface area contributed by atoms with Crippen molar-refractivity contribution in [3.8, 4) is 0 Å². The lowest BCUT2D eigenvalue weighted by molar-refractivity contribution is 0.655. The molecule has 0 amide bonds. The molecule has 0 saturated heterocycles. The number of aromatic nitrogens is 1. The van der Waals surface area contributed by atoms with E-state index in [0.717, 1.165) is 24.1 Å². The van der Waals surface area contributed by atoms with Gasteiger partial charge < -0.3 is 5.73 Å². The number of nitrogens with two attached hydrogens (primary N) is 1. The Hall–Kier alpha value is -2.19. The van der Waals surface area contributed by atoms with Crippen LogP contribution >= 0.6 is 0 Å². The molecular formula is C19H20N2. The fourth-order valence-electron chi connectivity index (χ4n) is 2.77. The summed E-state index contributed by atoms with van der Waals surface area (Å²) in [6.45, 7) is 2.03. The second-order valence-corrected chi connectivity index (χ2v) is 5.50. The second-order valence-electron chi connectivity index (χ2n) is 5.50. The molecular weight excluding hydrogens is 256 g/mol. The fourth-order valence-corrected chi connectivity index (χ4v) is 2.77. The zero-order valence-corrected chi connectivity index (χ0v) is 12.3. The third-order valence-electron chi connectivity index (χ3n) is 3.86. The van der Waals surface area contributed by atoms with E-state index in [1.165, 1.54) is 16.5 Å². The van der Waals surface area contributed by atoms with Gasteiger partial charge in [0.2, 0.25) is 0 Å². The van der Waals surface area contributed by atoms with E-state index in [2.05, 4.69) is 47.4 Å². The summed E-state index contributed by atoms with van der Waals surface area (Å²) in [6.07, 6.45) is 1.94. The van der Waals surface area contributed by atoms with E-state index in [4.69, 9.17) is 5.73 Å². The summed E-state index contributed by atoms with van der Waals surface area (Å²) >= 11 is 0. The Kier molecular flexibility index (Phi) is 3.98. The lowest BCUT2D eigenvalue weighted by atomic mass is 9.96. The first kappa shape index (κ1) is 13.8. The van der Waals surface area contributed by atoms with Crippen molar-refractivity contribution < 1.29 is 0 Å². The Labute approximate surface area is 125 Å². The number of para-hydroxylation sites is 1. The maximum atomic E-state index is 6.45. The van der Waals surface area contributed by atoms with Gasteiger partial charge >= 0.3 is 0 Å². The highest BCUT2D eigenvalue weighted by Crippen LogP contribution is 2.25. The molecule has 0 saturated carbocycles. The first-order valence-corrected chi connectivity index (χ1v) is 7.40. The number of hydrogen-bond donors (Lipinski definition) is 1. The summed E-state index contributed by atoms with van der Waals surface area (Å²) in [5.41, 5.74) is 11.0. The molecule has 0 fully saturated rings. The Morgan fingerprint density at radius 3 is 2.52 bits per heavy atom. The van der Waals surface area contributed by atoms with Crippen LogP contribution in [0.15, 0.2) is 60.7 Å². The van der Waals surface area contributed by atoms with Crippen molar-refractivity contribution in [1.29, 1.82) is 0 Å². The van der Waals surface area contributed by atoms with Crippen molar-refractivity contribution in [3.63, 3.8) is 0 Å². The maximum Gasteiger partial charge on any atom is 0.0708 e. The monoisotopic (exact) mass is 276 g/mol. The van der Waals surface area contributed by atoms with Crippen LogP contribution in [0, 0.1) is 6.92 Å². The third kappa shape index (κ3) is 3.11. The molecule has 0 radical (unpaired) electrons. The number of pyridine rings is 1. The minimum absolute atomic E-state index is 0.0387. The van der Waals surface area contributed by atoms with Crippen molar-refractivity contribution in [1.82, 2.24) is 4.98 Å². The van der Waals surface area contributed by atoms with Gasteiger partial charge in [0.25, 0.3) is 0 Å². The SMILES string of the molecule is Cc1cc(C(N)CCc2ccccc2)c2ccccc2n1. The van der Waals surface area contributed by atoms with Gasteiger partial charge in [0.15, 0.2) is 0 Å². The first-order chi connectivity index (χ1) is 10.2. The van der Waals surface area contributed by atoms with E-state index in [1.54, 1.807) is 0 Å². The van der Waals surface area contributed by atoms with E-state index in [0.29, 0.717) is 0 Å². The van der Waals surface area contributed by atoms with Crippen LogP contribution in [0.3, 0.4) is 0 Å². The van der Waals surface area contributed by atoms with Crippen molar-refractivity contribution in [2.45, 2.75) is 25.8 Å². The van der Waals surface area contributed by atoms with Crippen LogP contribution in [0.4, 0.5) is 0 Å². The summed E-state index contributed by atoms with van der Waals surface area (Å²) in [4.78, 5) is 4.58. The average Bonchev–Trinajstić information content (AvgIpc) is 2.52. The maximum absolute atomic E-state index is 6.45. The topological polar surface area (TPSA) is 38.9 Å². The van der Waals surface area contributed by atoms with Gasteiger partial charge in [-0.1, -0.05) is 48.5 Å². The first-order valence-electron chi connectivity index (χ1n) is 7.40. The summed E-state index contributed by atoms with van der Waals surface area (Å²) in [7, 11) is 0. The van der Waals surface area contributed by atoms with Crippen molar-refractivity contribution in [2.24, 2.45) is 5.73 Å². The standard InChI is InChI=1S/C19H20N2/c1-14-13-17(16-9-5-6-10-19(16)21-14)18(20)12-11-15-7-3-2-4-8-15/h2-10,13,18H,11-12,20H2,1H3. The molecule has 0 aliphatic carbocycles. The highest BCUT2D eigenvalue weighted by Gasteiger charge is 2.11. The molecule has 1 heterocycles. The molecule has 1 atom stereocenters. The van der Waals surface area contributed by atoms with E-state index >= 15 is 0 Å². The Morgan fingerprint density at radius 2 is 1.71 bits per heavy atom. The zero-order valence-electron chi connectivity index (χ0n) is 12.3. The quantitative estimate of drug-likeness (QED) is 0.776. The van der Waals surface area contributed by atoms with E-state index in [9.17, 15) is 0 Å². The fraction of sp³-hybridized carbons (Fsp3) is 0.211. The molecule has 2 aromatic carbocycles. The highest BCUT2D eigenvalue weighted by molar-refractivity contribution is 5.82. The molecule has 0 bridgehead atoms. The predicted molar refractivity (Wildman–Crippen MR) is 88.2 cm³/mol. The van der Waals surface area contributed by atoms with Crippen molar-refractivity contribution in [2.75, 3.05) is 0 Å². The highest BCUT2D eigenvalue weighted by atomic mass is 14.7. The molecule has 0 aliphatic rings. The predicted octanol–water partition coefficient (Wildman–Crippen LogP) is 4.18. The van der Waals surface area contributed by atoms with Crippen LogP contribution in [0.25, 0.3) is 10.9 Å². The molecule has 21 heavy (non-hydrogen) atoms. The van der Waals surface area contributed by atoms with Gasteiger partial charge in [-0.15, -0.1) is 0 Å². The smallest absolute Gasteiger partial charge is 0.0708 e. The van der Waals surface area contributed by atoms with Crippen LogP contribution in [0.2, 0.25) is 0 Å². The average molecular weight is 276 g/mol. The lowest BCUT2D eigenvalue weighted by Gasteiger charge is -2.15. The van der Waals surface area contributed by atoms with Gasteiger partial charge in [0, 0.05) is 17.1 Å². The third-order valence-corrected chi connectivity index (χ3v) is 3.86. The molecule has 3 rings (SSSR count). The minimum Gasteiger partial charge on any atom is -0.324 e. The summed E-state index contributed by atoms with van der Waals surface area (Å²) in [5, 5.41) is 1.17. The Balaban J connectivity index is 1.86. The Morgan fingerprint density at radius 1 is 1.00 bits per heavy atom. The van der Waals surface area contributed by atoms with E-state index in [-0.39, 0.29) is 6.04 Å². The lowest BCUT2D eigenvalue weighted by Crippen LogP contribution is -2.12. The van der Waals surface area contributed by atoms with Crippen molar-refractivity contribution in [3.05, 3.63) is 77.5 Å². The number of aryl methyl sites for hydroxylation is 2. The van der Waals surface area contributed by atoms with E-state index in [1.807, 2.05) is 25.1 Å². The largest absolute Gasteiger partial charge is 0.324 e. The number of nitrogens with zero attached hydrogens (tertiary/aromatic N) is 1. The van der Waals surface area contributed by atoms with Crippen molar-refractivity contribution >= 4 is 10.9 Å². The van der Waals surface area contributed by atoms with Crippen LogP contribution in [-0.4, -0.2) is 4.98 Å². The van der Waals surface area contributed by atoms with Crippen LogP contribution < -0.4 is 5.73 Å². The number of hydrogen-bond acceptors (Lipinski definition) is 2. The Bertz CT molecular complexity index is 735. The molecule has 0 aliphatic heterocycles. The van der Waals surface area contributed by atoms with Gasteiger partial charge in [-0.25, -0.2) is 0 Å². The van der Waals surface area contributed by atoms with Crippen LogP contribution in [-0.2, 0) is 6.42 Å². The number of benzene rings is 2. The van der Waals surface area contributed by atoms with Crippen LogP contribution in [0.1, 0.15) is 29.3 Å².